The van der Waals surface area contributed by atoms with Crippen molar-refractivity contribution in [2.75, 3.05) is 19.0 Å². The van der Waals surface area contributed by atoms with Crippen LogP contribution in [0.4, 0.5) is 5.69 Å². The highest BCUT2D eigenvalue weighted by molar-refractivity contribution is 6.33. The van der Waals surface area contributed by atoms with Crippen LogP contribution in [0.25, 0.3) is 0 Å². The SMILES string of the molecule is CCOc1cccc(CNc2cc(C)ccc2Cl)c1OC. The van der Waals surface area contributed by atoms with Crippen LogP contribution in [0.5, 0.6) is 11.5 Å². The zero-order valence-electron chi connectivity index (χ0n) is 12.6. The fourth-order valence-electron chi connectivity index (χ4n) is 2.17. The van der Waals surface area contributed by atoms with Crippen molar-refractivity contribution in [2.45, 2.75) is 20.4 Å². The minimum atomic E-state index is 0.608. The van der Waals surface area contributed by atoms with Crippen LogP contribution in [-0.4, -0.2) is 13.7 Å². The maximum atomic E-state index is 6.20. The van der Waals surface area contributed by atoms with E-state index in [1.807, 2.05) is 50.2 Å². The van der Waals surface area contributed by atoms with Gasteiger partial charge < -0.3 is 14.8 Å². The van der Waals surface area contributed by atoms with Crippen molar-refractivity contribution in [3.05, 3.63) is 52.5 Å². The number of hydrogen-bond donors (Lipinski definition) is 1. The van der Waals surface area contributed by atoms with E-state index in [0.29, 0.717) is 18.2 Å². The second-order valence-electron chi connectivity index (χ2n) is 4.72. The standard InChI is InChI=1S/C17H20ClNO2/c1-4-21-16-7-5-6-13(17(16)20-3)11-19-15-10-12(2)8-9-14(15)18/h5-10,19H,4,11H2,1-3H3. The minimum Gasteiger partial charge on any atom is -0.493 e. The van der Waals surface area contributed by atoms with Gasteiger partial charge in [-0.15, -0.1) is 0 Å². The summed E-state index contributed by atoms with van der Waals surface area (Å²) in [4.78, 5) is 0. The molecule has 0 saturated carbocycles. The Morgan fingerprint density at radius 3 is 2.71 bits per heavy atom. The number of methoxy groups -OCH3 is 1. The largest absolute Gasteiger partial charge is 0.493 e. The second-order valence-corrected chi connectivity index (χ2v) is 5.13. The van der Waals surface area contributed by atoms with Crippen molar-refractivity contribution >= 4 is 17.3 Å². The molecule has 2 rings (SSSR count). The third kappa shape index (κ3) is 3.82. The van der Waals surface area contributed by atoms with Gasteiger partial charge in [-0.25, -0.2) is 0 Å². The Balaban J connectivity index is 2.19. The van der Waals surface area contributed by atoms with Gasteiger partial charge in [-0.05, 0) is 37.6 Å². The molecular formula is C17H20ClNO2. The number of benzene rings is 2. The number of hydrogen-bond acceptors (Lipinski definition) is 3. The van der Waals surface area contributed by atoms with Crippen molar-refractivity contribution in [2.24, 2.45) is 0 Å². The molecule has 0 fully saturated rings. The Labute approximate surface area is 130 Å². The fourth-order valence-corrected chi connectivity index (χ4v) is 2.35. The highest BCUT2D eigenvalue weighted by Gasteiger charge is 2.10. The number of rotatable bonds is 6. The zero-order chi connectivity index (χ0) is 15.2. The van der Waals surface area contributed by atoms with E-state index >= 15 is 0 Å². The monoisotopic (exact) mass is 305 g/mol. The van der Waals surface area contributed by atoms with E-state index in [4.69, 9.17) is 21.1 Å². The maximum Gasteiger partial charge on any atom is 0.165 e. The zero-order valence-corrected chi connectivity index (χ0v) is 13.3. The molecule has 2 aromatic carbocycles. The molecule has 0 saturated heterocycles. The molecule has 0 heterocycles. The van der Waals surface area contributed by atoms with Gasteiger partial charge in [-0.2, -0.15) is 0 Å². The van der Waals surface area contributed by atoms with Gasteiger partial charge in [0, 0.05) is 12.1 Å². The highest BCUT2D eigenvalue weighted by Crippen LogP contribution is 2.32. The summed E-state index contributed by atoms with van der Waals surface area (Å²) in [7, 11) is 1.65. The molecule has 0 atom stereocenters. The van der Waals surface area contributed by atoms with E-state index in [1.54, 1.807) is 7.11 Å². The summed E-state index contributed by atoms with van der Waals surface area (Å²) < 4.78 is 11.1. The number of nitrogens with one attached hydrogen (secondary N) is 1. The summed E-state index contributed by atoms with van der Waals surface area (Å²) in [6.07, 6.45) is 0. The first kappa shape index (κ1) is 15.5. The molecule has 4 heteroatoms. The second kappa shape index (κ2) is 7.23. The number of ether oxygens (including phenoxy) is 2. The molecule has 0 amide bonds. The Hall–Kier alpha value is -1.87. The molecule has 0 spiro atoms. The maximum absolute atomic E-state index is 6.20. The van der Waals surface area contributed by atoms with E-state index in [-0.39, 0.29) is 0 Å². The predicted octanol–water partition coefficient (Wildman–Crippen LogP) is 4.67. The lowest BCUT2D eigenvalue weighted by atomic mass is 10.1. The summed E-state index contributed by atoms with van der Waals surface area (Å²) in [5, 5.41) is 4.06. The van der Waals surface area contributed by atoms with Gasteiger partial charge in [-0.3, -0.25) is 0 Å². The van der Waals surface area contributed by atoms with E-state index in [9.17, 15) is 0 Å². The molecule has 21 heavy (non-hydrogen) atoms. The summed E-state index contributed by atoms with van der Waals surface area (Å²) >= 11 is 6.20. The molecule has 0 aliphatic rings. The normalized spacial score (nSPS) is 10.3. The van der Waals surface area contributed by atoms with Crippen LogP contribution >= 0.6 is 11.6 Å². The lowest BCUT2D eigenvalue weighted by Crippen LogP contribution is -2.04. The van der Waals surface area contributed by atoms with Gasteiger partial charge in [0.1, 0.15) is 0 Å². The molecule has 2 aromatic rings. The third-order valence-corrected chi connectivity index (χ3v) is 3.49. The Kier molecular flexibility index (Phi) is 5.34. The van der Waals surface area contributed by atoms with Gasteiger partial charge in [0.2, 0.25) is 0 Å². The number of anilines is 1. The number of para-hydroxylation sites is 1. The van der Waals surface area contributed by atoms with Crippen LogP contribution in [0, 0.1) is 6.92 Å². The molecule has 0 radical (unpaired) electrons. The van der Waals surface area contributed by atoms with E-state index < -0.39 is 0 Å². The van der Waals surface area contributed by atoms with Gasteiger partial charge in [-0.1, -0.05) is 29.8 Å². The molecular weight excluding hydrogens is 286 g/mol. The summed E-state index contributed by atoms with van der Waals surface area (Å²) in [6, 6.07) is 11.8. The smallest absolute Gasteiger partial charge is 0.165 e. The minimum absolute atomic E-state index is 0.608. The summed E-state index contributed by atoms with van der Waals surface area (Å²) in [6.45, 7) is 5.22. The van der Waals surface area contributed by atoms with Gasteiger partial charge in [0.15, 0.2) is 11.5 Å². The number of halogens is 1. The van der Waals surface area contributed by atoms with Gasteiger partial charge in [0.25, 0.3) is 0 Å². The topological polar surface area (TPSA) is 30.5 Å². The number of aryl methyl sites for hydroxylation is 1. The van der Waals surface area contributed by atoms with Crippen LogP contribution in [0.15, 0.2) is 36.4 Å². The molecule has 3 nitrogen and oxygen atoms in total. The van der Waals surface area contributed by atoms with Crippen molar-refractivity contribution in [1.82, 2.24) is 0 Å². The Morgan fingerprint density at radius 1 is 1.19 bits per heavy atom. The molecule has 1 N–H and O–H groups in total. The Morgan fingerprint density at radius 2 is 2.00 bits per heavy atom. The molecule has 0 unspecified atom stereocenters. The van der Waals surface area contributed by atoms with Crippen LogP contribution < -0.4 is 14.8 Å². The first-order valence-electron chi connectivity index (χ1n) is 6.94. The van der Waals surface area contributed by atoms with E-state index in [0.717, 1.165) is 28.3 Å². The molecule has 0 aromatic heterocycles. The average molecular weight is 306 g/mol. The van der Waals surface area contributed by atoms with Gasteiger partial charge >= 0.3 is 0 Å². The quantitative estimate of drug-likeness (QED) is 0.841. The molecule has 0 bridgehead atoms. The third-order valence-electron chi connectivity index (χ3n) is 3.16. The first-order valence-corrected chi connectivity index (χ1v) is 7.32. The van der Waals surface area contributed by atoms with Crippen molar-refractivity contribution in [3.8, 4) is 11.5 Å². The fraction of sp³-hybridized carbons (Fsp3) is 0.294. The van der Waals surface area contributed by atoms with Crippen molar-refractivity contribution in [1.29, 1.82) is 0 Å². The van der Waals surface area contributed by atoms with Crippen LogP contribution in [0.2, 0.25) is 5.02 Å². The van der Waals surface area contributed by atoms with Gasteiger partial charge in [0.05, 0.1) is 24.4 Å². The van der Waals surface area contributed by atoms with Crippen LogP contribution in [-0.2, 0) is 6.54 Å². The first-order chi connectivity index (χ1) is 10.2. The van der Waals surface area contributed by atoms with Crippen molar-refractivity contribution in [3.63, 3.8) is 0 Å². The lowest BCUT2D eigenvalue weighted by Gasteiger charge is -2.15. The summed E-state index contributed by atoms with van der Waals surface area (Å²) in [5.74, 6) is 1.52. The predicted molar refractivity (Wildman–Crippen MR) is 87.7 cm³/mol. The lowest BCUT2D eigenvalue weighted by molar-refractivity contribution is 0.309. The van der Waals surface area contributed by atoms with Crippen LogP contribution in [0.1, 0.15) is 18.1 Å². The molecule has 0 aliphatic heterocycles. The highest BCUT2D eigenvalue weighted by atomic mass is 35.5. The molecule has 0 aliphatic carbocycles. The van der Waals surface area contributed by atoms with E-state index in [1.165, 1.54) is 0 Å². The molecule has 112 valence electrons. The van der Waals surface area contributed by atoms with Crippen LogP contribution in [0.3, 0.4) is 0 Å². The Bertz CT molecular complexity index is 614. The average Bonchev–Trinajstić information content (AvgIpc) is 2.48. The summed E-state index contributed by atoms with van der Waals surface area (Å²) in [5.41, 5.74) is 3.11. The van der Waals surface area contributed by atoms with Crippen molar-refractivity contribution < 1.29 is 9.47 Å². The van der Waals surface area contributed by atoms with E-state index in [2.05, 4.69) is 5.32 Å².